The molecule has 1 aliphatic carbocycles. The Morgan fingerprint density at radius 3 is 2.56 bits per heavy atom. The molecule has 0 aromatic heterocycles. The van der Waals surface area contributed by atoms with E-state index in [2.05, 4.69) is 53.2 Å². The molecule has 138 valence electrons. The number of benzene rings is 1. The number of hydrogen-bond acceptors (Lipinski definition) is 3. The second-order valence-corrected chi connectivity index (χ2v) is 7.98. The largest absolute Gasteiger partial charge is 0.352 e. The molecule has 1 amide bonds. The van der Waals surface area contributed by atoms with Crippen molar-refractivity contribution in [1.82, 2.24) is 15.1 Å². The number of carbonyl (C=O) groups excluding carboxylic acids is 1. The van der Waals surface area contributed by atoms with E-state index in [0.717, 1.165) is 39.1 Å². The van der Waals surface area contributed by atoms with Crippen LogP contribution in [0.25, 0.3) is 0 Å². The molecule has 0 radical (unpaired) electrons. The third-order valence-corrected chi connectivity index (χ3v) is 5.78. The van der Waals surface area contributed by atoms with Gasteiger partial charge in [-0.15, -0.1) is 0 Å². The van der Waals surface area contributed by atoms with Gasteiger partial charge in [0.25, 0.3) is 0 Å². The van der Waals surface area contributed by atoms with E-state index in [1.807, 2.05) is 0 Å². The lowest BCUT2D eigenvalue weighted by Crippen LogP contribution is -2.51. The number of piperazine rings is 1. The van der Waals surface area contributed by atoms with Crippen LogP contribution in [0.5, 0.6) is 0 Å². The Kier molecular flexibility index (Phi) is 6.49. The van der Waals surface area contributed by atoms with E-state index >= 15 is 0 Å². The first-order valence-corrected chi connectivity index (χ1v) is 9.90. The monoisotopic (exact) mass is 343 g/mol. The minimum Gasteiger partial charge on any atom is -0.352 e. The Balaban J connectivity index is 1.39. The van der Waals surface area contributed by atoms with E-state index in [1.165, 1.54) is 30.4 Å². The Labute approximate surface area is 152 Å². The van der Waals surface area contributed by atoms with Gasteiger partial charge in [0.2, 0.25) is 5.91 Å². The molecule has 1 N–H and O–H groups in total. The van der Waals surface area contributed by atoms with Gasteiger partial charge >= 0.3 is 0 Å². The molecule has 0 unspecified atom stereocenters. The zero-order valence-electron chi connectivity index (χ0n) is 15.8. The number of aryl methyl sites for hydroxylation is 1. The fourth-order valence-corrected chi connectivity index (χ4v) is 4.16. The van der Waals surface area contributed by atoms with Crippen LogP contribution in [0.3, 0.4) is 0 Å². The van der Waals surface area contributed by atoms with Gasteiger partial charge in [-0.3, -0.25) is 14.6 Å². The fraction of sp³-hybridized carbons (Fsp3) is 0.667. The Bertz CT molecular complexity index is 566. The normalized spacial score (nSPS) is 25.7. The van der Waals surface area contributed by atoms with Crippen molar-refractivity contribution in [2.24, 2.45) is 5.92 Å². The summed E-state index contributed by atoms with van der Waals surface area (Å²) in [5.74, 6) is 0.842. The zero-order valence-corrected chi connectivity index (χ0v) is 15.8. The predicted octanol–water partition coefficient (Wildman–Crippen LogP) is 2.81. The minimum atomic E-state index is 0.214. The number of carbonyl (C=O) groups is 1. The van der Waals surface area contributed by atoms with Crippen LogP contribution < -0.4 is 5.32 Å². The van der Waals surface area contributed by atoms with E-state index in [-0.39, 0.29) is 5.91 Å². The first-order valence-electron chi connectivity index (χ1n) is 9.90. The van der Waals surface area contributed by atoms with E-state index in [0.29, 0.717) is 18.5 Å². The number of rotatable bonds is 5. The van der Waals surface area contributed by atoms with E-state index in [4.69, 9.17) is 0 Å². The van der Waals surface area contributed by atoms with Gasteiger partial charge in [0, 0.05) is 38.8 Å². The van der Waals surface area contributed by atoms with Crippen LogP contribution in [0.1, 0.15) is 43.7 Å². The van der Waals surface area contributed by atoms with Gasteiger partial charge in [-0.25, -0.2) is 0 Å². The van der Waals surface area contributed by atoms with Crippen molar-refractivity contribution >= 4 is 5.91 Å². The maximum atomic E-state index is 12.4. The van der Waals surface area contributed by atoms with E-state index in [9.17, 15) is 4.79 Å². The van der Waals surface area contributed by atoms with Gasteiger partial charge in [-0.2, -0.15) is 0 Å². The molecule has 2 aliphatic rings. The summed E-state index contributed by atoms with van der Waals surface area (Å²) < 4.78 is 0. The van der Waals surface area contributed by atoms with Crippen molar-refractivity contribution < 1.29 is 4.79 Å². The molecule has 25 heavy (non-hydrogen) atoms. The molecule has 4 nitrogen and oxygen atoms in total. The third-order valence-electron chi connectivity index (χ3n) is 5.78. The fourth-order valence-electron chi connectivity index (χ4n) is 4.16. The number of amides is 1. The van der Waals surface area contributed by atoms with Crippen LogP contribution in [0.2, 0.25) is 0 Å². The highest BCUT2D eigenvalue weighted by atomic mass is 16.2. The number of nitrogens with zero attached hydrogens (tertiary/aromatic N) is 2. The van der Waals surface area contributed by atoms with Crippen LogP contribution in [-0.2, 0) is 11.3 Å². The molecule has 3 rings (SSSR count). The molecule has 2 atom stereocenters. The Hall–Kier alpha value is -1.39. The first kappa shape index (κ1) is 18.4. The highest BCUT2D eigenvalue weighted by molar-refractivity contribution is 5.78. The summed E-state index contributed by atoms with van der Waals surface area (Å²) in [4.78, 5) is 17.2. The van der Waals surface area contributed by atoms with Crippen molar-refractivity contribution in [3.05, 3.63) is 35.4 Å². The highest BCUT2D eigenvalue weighted by Crippen LogP contribution is 2.23. The second kappa shape index (κ2) is 8.81. The third kappa shape index (κ3) is 5.55. The minimum absolute atomic E-state index is 0.214. The molecule has 1 heterocycles. The molecule has 1 aliphatic heterocycles. The Morgan fingerprint density at radius 1 is 1.12 bits per heavy atom. The second-order valence-electron chi connectivity index (χ2n) is 7.98. The molecule has 1 saturated heterocycles. The topological polar surface area (TPSA) is 35.6 Å². The predicted molar refractivity (Wildman–Crippen MR) is 102 cm³/mol. The van der Waals surface area contributed by atoms with Crippen molar-refractivity contribution in [3.63, 3.8) is 0 Å². The van der Waals surface area contributed by atoms with Crippen LogP contribution in [0, 0.1) is 12.8 Å². The molecule has 1 aromatic carbocycles. The molecule has 1 saturated carbocycles. The highest BCUT2D eigenvalue weighted by Gasteiger charge is 2.24. The van der Waals surface area contributed by atoms with Crippen molar-refractivity contribution in [2.75, 3.05) is 32.7 Å². The number of hydrogen-bond donors (Lipinski definition) is 1. The average Bonchev–Trinajstić information content (AvgIpc) is 2.59. The lowest BCUT2D eigenvalue weighted by Gasteiger charge is -2.35. The molecule has 0 bridgehead atoms. The average molecular weight is 344 g/mol. The summed E-state index contributed by atoms with van der Waals surface area (Å²) in [6, 6.07) is 9.15. The number of nitrogens with one attached hydrogen (secondary N) is 1. The van der Waals surface area contributed by atoms with Crippen LogP contribution in [0.15, 0.2) is 24.3 Å². The van der Waals surface area contributed by atoms with Crippen molar-refractivity contribution in [3.8, 4) is 0 Å². The first-order chi connectivity index (χ1) is 12.1. The van der Waals surface area contributed by atoms with Gasteiger partial charge in [0.15, 0.2) is 0 Å². The van der Waals surface area contributed by atoms with Gasteiger partial charge in [0.1, 0.15) is 0 Å². The summed E-state index contributed by atoms with van der Waals surface area (Å²) in [6.07, 6.45) is 4.98. The maximum absolute atomic E-state index is 12.4. The summed E-state index contributed by atoms with van der Waals surface area (Å²) >= 11 is 0. The molecule has 1 aromatic rings. The van der Waals surface area contributed by atoms with E-state index in [1.54, 1.807) is 0 Å². The molecule has 0 spiro atoms. The lowest BCUT2D eigenvalue weighted by atomic mass is 9.86. The molecule has 4 heteroatoms. The van der Waals surface area contributed by atoms with E-state index < -0.39 is 0 Å². The van der Waals surface area contributed by atoms with Crippen molar-refractivity contribution in [1.29, 1.82) is 0 Å². The summed E-state index contributed by atoms with van der Waals surface area (Å²) in [7, 11) is 0. The quantitative estimate of drug-likeness (QED) is 0.893. The standard InChI is InChI=1S/C21H33N3O/c1-17-6-5-8-19(14-17)15-23-10-12-24(13-11-23)16-21(25)22-20-9-4-3-7-18(20)2/h5-6,8,14,18,20H,3-4,7,9-13,15-16H2,1-2H3,(H,22,25)/t18-,20-/m1/s1. The smallest absolute Gasteiger partial charge is 0.234 e. The SMILES string of the molecule is Cc1cccc(CN2CCN(CC(=O)N[C@@H]3CCCC[C@H]3C)CC2)c1. The zero-order chi connectivity index (χ0) is 17.6. The van der Waals surface area contributed by atoms with Gasteiger partial charge in [-0.1, -0.05) is 49.6 Å². The maximum Gasteiger partial charge on any atom is 0.234 e. The van der Waals surface area contributed by atoms with Gasteiger partial charge in [0.05, 0.1) is 6.54 Å². The molecular weight excluding hydrogens is 310 g/mol. The Morgan fingerprint density at radius 2 is 1.84 bits per heavy atom. The molecule has 2 fully saturated rings. The summed E-state index contributed by atoms with van der Waals surface area (Å²) in [5.41, 5.74) is 2.71. The van der Waals surface area contributed by atoms with Gasteiger partial charge in [-0.05, 0) is 31.2 Å². The van der Waals surface area contributed by atoms with Crippen LogP contribution >= 0.6 is 0 Å². The van der Waals surface area contributed by atoms with Crippen LogP contribution in [-0.4, -0.2) is 54.5 Å². The lowest BCUT2D eigenvalue weighted by molar-refractivity contribution is -0.124. The van der Waals surface area contributed by atoms with Crippen molar-refractivity contribution in [2.45, 2.75) is 52.1 Å². The molecular formula is C21H33N3O. The van der Waals surface area contributed by atoms with Crippen LogP contribution in [0.4, 0.5) is 0 Å². The summed E-state index contributed by atoms with van der Waals surface area (Å²) in [5, 5.41) is 3.28. The van der Waals surface area contributed by atoms with Gasteiger partial charge < -0.3 is 5.32 Å². The summed E-state index contributed by atoms with van der Waals surface area (Å²) in [6.45, 7) is 10.0.